The summed E-state index contributed by atoms with van der Waals surface area (Å²) in [6.45, 7) is 2.40. The Morgan fingerprint density at radius 1 is 1.24 bits per heavy atom. The third kappa shape index (κ3) is 5.41. The van der Waals surface area contributed by atoms with Crippen LogP contribution < -0.4 is 10.6 Å². The number of aliphatic carboxylic acids is 1. The molecule has 2 saturated heterocycles. The summed E-state index contributed by atoms with van der Waals surface area (Å²) < 4.78 is 41.2. The summed E-state index contributed by atoms with van der Waals surface area (Å²) in [5, 5.41) is 14.7. The zero-order chi connectivity index (χ0) is 21.0. The van der Waals surface area contributed by atoms with Gasteiger partial charge in [-0.25, -0.2) is 4.79 Å². The number of rotatable bonds is 7. The molecule has 0 radical (unpaired) electrons. The minimum Gasteiger partial charge on any atom is -0.481 e. The van der Waals surface area contributed by atoms with Crippen molar-refractivity contribution in [2.24, 2.45) is 5.92 Å². The first-order chi connectivity index (χ1) is 13.8. The van der Waals surface area contributed by atoms with E-state index < -0.39 is 23.8 Å². The van der Waals surface area contributed by atoms with Crippen molar-refractivity contribution in [2.45, 2.75) is 44.3 Å². The zero-order valence-corrected chi connectivity index (χ0v) is 16.1. The van der Waals surface area contributed by atoms with E-state index in [9.17, 15) is 22.8 Å². The largest absolute Gasteiger partial charge is 0.481 e. The van der Waals surface area contributed by atoms with E-state index in [1.54, 1.807) is 0 Å². The molecule has 6 nitrogen and oxygen atoms in total. The van der Waals surface area contributed by atoms with Crippen LogP contribution in [-0.2, 0) is 17.4 Å². The number of urea groups is 1. The van der Waals surface area contributed by atoms with Crippen LogP contribution in [0.1, 0.15) is 48.4 Å². The number of carbonyl (C=O) groups excluding carboxylic acids is 1. The quantitative estimate of drug-likeness (QED) is 0.641. The molecule has 1 aromatic rings. The first-order valence-electron chi connectivity index (χ1n) is 9.92. The average Bonchev–Trinajstić information content (AvgIpc) is 3.05. The van der Waals surface area contributed by atoms with Crippen LogP contribution in [0.25, 0.3) is 0 Å². The van der Waals surface area contributed by atoms with Crippen molar-refractivity contribution in [3.63, 3.8) is 0 Å². The molecule has 2 amide bonds. The molecule has 2 fully saturated rings. The van der Waals surface area contributed by atoms with Crippen molar-refractivity contribution in [2.75, 3.05) is 26.2 Å². The van der Waals surface area contributed by atoms with Crippen LogP contribution in [0.2, 0.25) is 0 Å². The first-order valence-corrected chi connectivity index (χ1v) is 9.92. The smallest absolute Gasteiger partial charge is 0.416 e. The van der Waals surface area contributed by atoms with E-state index in [0.717, 1.165) is 38.4 Å². The van der Waals surface area contributed by atoms with Gasteiger partial charge >= 0.3 is 18.2 Å². The van der Waals surface area contributed by atoms with Crippen molar-refractivity contribution >= 4 is 12.0 Å². The standard InChI is InChI=1S/C20H26F3N3O3/c21-20(22,23)16-11-14(2-4-18(27)28)1-3-15(16)17-12-25-19(29)26(17)10-7-13-5-8-24-9-6-13/h1,3,11,13,17,24H,2,4-10,12H2,(H,25,29)(H,27,28). The number of nitrogens with zero attached hydrogens (tertiary/aromatic N) is 1. The summed E-state index contributed by atoms with van der Waals surface area (Å²) in [6.07, 6.45) is -2.01. The van der Waals surface area contributed by atoms with Crippen molar-refractivity contribution in [1.29, 1.82) is 0 Å². The predicted octanol–water partition coefficient (Wildman–Crippen LogP) is 3.18. The number of piperidine rings is 1. The highest BCUT2D eigenvalue weighted by atomic mass is 19.4. The lowest BCUT2D eigenvalue weighted by Crippen LogP contribution is -2.34. The number of hydrogen-bond donors (Lipinski definition) is 3. The van der Waals surface area contributed by atoms with Crippen LogP contribution in [-0.4, -0.2) is 48.2 Å². The average molecular weight is 413 g/mol. The molecule has 1 aromatic carbocycles. The van der Waals surface area contributed by atoms with Gasteiger partial charge in [0.2, 0.25) is 0 Å². The second kappa shape index (κ2) is 9.02. The van der Waals surface area contributed by atoms with Crippen LogP contribution >= 0.6 is 0 Å². The first kappa shape index (κ1) is 21.4. The summed E-state index contributed by atoms with van der Waals surface area (Å²) in [4.78, 5) is 24.5. The molecule has 2 aliphatic rings. The van der Waals surface area contributed by atoms with Gasteiger partial charge in [-0.2, -0.15) is 13.2 Å². The van der Waals surface area contributed by atoms with E-state index in [4.69, 9.17) is 5.11 Å². The lowest BCUT2D eigenvalue weighted by molar-refractivity contribution is -0.138. The second-order valence-corrected chi connectivity index (χ2v) is 7.69. The number of benzene rings is 1. The number of aryl methyl sites for hydroxylation is 1. The molecule has 0 bridgehead atoms. The number of amides is 2. The van der Waals surface area contributed by atoms with Gasteiger partial charge < -0.3 is 20.6 Å². The van der Waals surface area contributed by atoms with Crippen LogP contribution in [0.5, 0.6) is 0 Å². The van der Waals surface area contributed by atoms with E-state index in [1.807, 2.05) is 0 Å². The number of carbonyl (C=O) groups is 2. The SMILES string of the molecule is O=C(O)CCc1ccc(C2CNC(=O)N2CCC2CCNCC2)c(C(F)(F)F)c1. The van der Waals surface area contributed by atoms with Crippen molar-refractivity contribution in [3.05, 3.63) is 34.9 Å². The summed E-state index contributed by atoms with van der Waals surface area (Å²) in [7, 11) is 0. The third-order valence-electron chi connectivity index (χ3n) is 5.73. The maximum atomic E-state index is 13.7. The zero-order valence-electron chi connectivity index (χ0n) is 16.1. The molecule has 29 heavy (non-hydrogen) atoms. The fourth-order valence-corrected chi connectivity index (χ4v) is 4.11. The van der Waals surface area contributed by atoms with Gasteiger partial charge in [-0.05, 0) is 61.9 Å². The number of carboxylic acid groups (broad SMARTS) is 1. The fourth-order valence-electron chi connectivity index (χ4n) is 4.11. The van der Waals surface area contributed by atoms with Gasteiger partial charge in [0.05, 0.1) is 11.6 Å². The van der Waals surface area contributed by atoms with Crippen molar-refractivity contribution < 1.29 is 27.9 Å². The van der Waals surface area contributed by atoms with Crippen LogP contribution in [0, 0.1) is 5.92 Å². The summed E-state index contributed by atoms with van der Waals surface area (Å²) in [6, 6.07) is 2.91. The molecular weight excluding hydrogens is 387 g/mol. The van der Waals surface area contributed by atoms with E-state index in [1.165, 1.54) is 17.0 Å². The lowest BCUT2D eigenvalue weighted by Gasteiger charge is -2.29. The van der Waals surface area contributed by atoms with Crippen molar-refractivity contribution in [1.82, 2.24) is 15.5 Å². The highest BCUT2D eigenvalue weighted by molar-refractivity contribution is 5.77. The molecular formula is C20H26F3N3O3. The van der Waals surface area contributed by atoms with Gasteiger partial charge in [-0.3, -0.25) is 4.79 Å². The molecule has 1 atom stereocenters. The molecule has 160 valence electrons. The Balaban J connectivity index is 1.80. The molecule has 0 spiro atoms. The number of nitrogens with one attached hydrogen (secondary N) is 2. The van der Waals surface area contributed by atoms with Gasteiger partial charge in [0.25, 0.3) is 0 Å². The molecule has 3 rings (SSSR count). The molecule has 3 N–H and O–H groups in total. The Labute approximate surface area is 167 Å². The molecule has 0 saturated carbocycles. The van der Waals surface area contributed by atoms with Gasteiger partial charge in [0.1, 0.15) is 0 Å². The fraction of sp³-hybridized carbons (Fsp3) is 0.600. The number of halogens is 3. The molecule has 9 heteroatoms. The Hall–Kier alpha value is -2.29. The number of carboxylic acids is 1. The lowest BCUT2D eigenvalue weighted by atomic mass is 9.93. The van der Waals surface area contributed by atoms with Crippen molar-refractivity contribution in [3.8, 4) is 0 Å². The molecule has 2 heterocycles. The summed E-state index contributed by atoms with van der Waals surface area (Å²) in [5.41, 5.74) is -0.420. The Bertz CT molecular complexity index is 748. The Kier molecular flexibility index (Phi) is 6.66. The maximum absolute atomic E-state index is 13.7. The predicted molar refractivity (Wildman–Crippen MR) is 100 cm³/mol. The summed E-state index contributed by atoms with van der Waals surface area (Å²) >= 11 is 0. The van der Waals surface area contributed by atoms with E-state index >= 15 is 0 Å². The van der Waals surface area contributed by atoms with E-state index in [-0.39, 0.29) is 31.0 Å². The minimum absolute atomic E-state index is 0.0277. The van der Waals surface area contributed by atoms with Gasteiger partial charge in [0, 0.05) is 19.5 Å². The molecule has 0 aliphatic carbocycles. The minimum atomic E-state index is -4.58. The number of hydrogen-bond acceptors (Lipinski definition) is 3. The monoisotopic (exact) mass is 413 g/mol. The van der Waals surface area contributed by atoms with Crippen LogP contribution in [0.3, 0.4) is 0 Å². The number of alkyl halides is 3. The Morgan fingerprint density at radius 3 is 2.62 bits per heavy atom. The van der Waals surface area contributed by atoms with Crippen LogP contribution in [0.15, 0.2) is 18.2 Å². The maximum Gasteiger partial charge on any atom is 0.416 e. The second-order valence-electron chi connectivity index (χ2n) is 7.69. The van der Waals surface area contributed by atoms with E-state index in [2.05, 4.69) is 10.6 Å². The normalized spacial score (nSPS) is 20.7. The van der Waals surface area contributed by atoms with Crippen LogP contribution in [0.4, 0.5) is 18.0 Å². The molecule has 0 aromatic heterocycles. The molecule has 1 unspecified atom stereocenters. The van der Waals surface area contributed by atoms with E-state index in [0.29, 0.717) is 18.0 Å². The highest BCUT2D eigenvalue weighted by Crippen LogP contribution is 2.38. The Morgan fingerprint density at radius 2 is 1.97 bits per heavy atom. The summed E-state index contributed by atoms with van der Waals surface area (Å²) in [5.74, 6) is -0.594. The third-order valence-corrected chi connectivity index (χ3v) is 5.73. The highest BCUT2D eigenvalue weighted by Gasteiger charge is 2.40. The van der Waals surface area contributed by atoms with Gasteiger partial charge in [0.15, 0.2) is 0 Å². The van der Waals surface area contributed by atoms with Gasteiger partial charge in [-0.1, -0.05) is 12.1 Å². The molecule has 2 aliphatic heterocycles. The topological polar surface area (TPSA) is 81.7 Å². The van der Waals surface area contributed by atoms with Gasteiger partial charge in [-0.15, -0.1) is 0 Å².